The number of anilines is 1. The van der Waals surface area contributed by atoms with Crippen LogP contribution in [0.1, 0.15) is 18.9 Å². The van der Waals surface area contributed by atoms with Gasteiger partial charge in [0.2, 0.25) is 5.95 Å². The van der Waals surface area contributed by atoms with Crippen LogP contribution in [0, 0.1) is 0 Å². The van der Waals surface area contributed by atoms with Crippen LogP contribution < -0.4 is 5.73 Å². The minimum Gasteiger partial charge on any atom is -0.379 e. The average molecular weight is 252 g/mol. The molecule has 1 aliphatic heterocycles. The molecule has 1 fully saturated rings. The minimum atomic E-state index is 0.287. The number of nitrogens with zero attached hydrogens (tertiary/aromatic N) is 2. The monoisotopic (exact) mass is 251 g/mol. The molecule has 17 heavy (non-hydrogen) atoms. The maximum Gasteiger partial charge on any atom is 0.201 e. The Hall–Kier alpha value is -1.26. The van der Waals surface area contributed by atoms with Gasteiger partial charge in [0.25, 0.3) is 0 Å². The third-order valence-electron chi connectivity index (χ3n) is 3.18. The molecule has 3 rings (SSSR count). The number of ether oxygens (including phenoxy) is 1. The van der Waals surface area contributed by atoms with E-state index in [1.54, 1.807) is 0 Å². The summed E-state index contributed by atoms with van der Waals surface area (Å²) in [4.78, 5) is 4.35. The number of halogens is 1. The van der Waals surface area contributed by atoms with E-state index in [-0.39, 0.29) is 6.04 Å². The highest BCUT2D eigenvalue weighted by Crippen LogP contribution is 2.29. The number of hydrogen-bond acceptors (Lipinski definition) is 3. The van der Waals surface area contributed by atoms with Crippen molar-refractivity contribution < 1.29 is 4.74 Å². The van der Waals surface area contributed by atoms with E-state index in [0.717, 1.165) is 30.5 Å². The third kappa shape index (κ3) is 1.87. The van der Waals surface area contributed by atoms with Crippen molar-refractivity contribution in [1.29, 1.82) is 0 Å². The lowest BCUT2D eigenvalue weighted by molar-refractivity contribution is 0.0611. The molecule has 1 aromatic heterocycles. The molecule has 0 radical (unpaired) electrons. The molecule has 1 unspecified atom stereocenters. The first-order chi connectivity index (χ1) is 8.25. The number of fused-ring (bicyclic) bond motifs is 1. The largest absolute Gasteiger partial charge is 0.379 e. The van der Waals surface area contributed by atoms with Crippen LogP contribution in [0.5, 0.6) is 0 Å². The number of nitrogens with two attached hydrogens (primary N) is 1. The maximum absolute atomic E-state index is 5.99. The summed E-state index contributed by atoms with van der Waals surface area (Å²) >= 11 is 5.95. The molecule has 5 heteroatoms. The Kier molecular flexibility index (Phi) is 2.68. The Bertz CT molecular complexity index is 546. The van der Waals surface area contributed by atoms with Gasteiger partial charge in [0.1, 0.15) is 0 Å². The molecule has 0 aliphatic carbocycles. The molecule has 90 valence electrons. The van der Waals surface area contributed by atoms with Crippen LogP contribution in [0.4, 0.5) is 5.95 Å². The summed E-state index contributed by atoms with van der Waals surface area (Å²) in [6.45, 7) is 1.55. The zero-order valence-electron chi connectivity index (χ0n) is 9.40. The highest BCUT2D eigenvalue weighted by atomic mass is 35.5. The lowest BCUT2D eigenvalue weighted by Crippen LogP contribution is -2.22. The van der Waals surface area contributed by atoms with Gasteiger partial charge in [0, 0.05) is 11.6 Å². The van der Waals surface area contributed by atoms with E-state index in [2.05, 4.69) is 9.55 Å². The quantitative estimate of drug-likeness (QED) is 0.848. The maximum atomic E-state index is 5.99. The summed E-state index contributed by atoms with van der Waals surface area (Å²) in [5, 5.41) is 0.682. The molecule has 1 aliphatic rings. The van der Waals surface area contributed by atoms with Gasteiger partial charge in [-0.1, -0.05) is 11.6 Å². The van der Waals surface area contributed by atoms with Crippen molar-refractivity contribution in [3.63, 3.8) is 0 Å². The SMILES string of the molecule is Nc1nc2cc(Cl)ccc2n1C1CCCOC1. The van der Waals surface area contributed by atoms with E-state index in [9.17, 15) is 0 Å². The van der Waals surface area contributed by atoms with Crippen LogP contribution >= 0.6 is 11.6 Å². The number of benzene rings is 1. The summed E-state index contributed by atoms with van der Waals surface area (Å²) in [7, 11) is 0. The van der Waals surface area contributed by atoms with Gasteiger partial charge in [-0.05, 0) is 31.0 Å². The van der Waals surface area contributed by atoms with Crippen LogP contribution in [0.15, 0.2) is 18.2 Å². The van der Waals surface area contributed by atoms with Gasteiger partial charge >= 0.3 is 0 Å². The van der Waals surface area contributed by atoms with Crippen molar-refractivity contribution in [1.82, 2.24) is 9.55 Å². The molecule has 2 N–H and O–H groups in total. The van der Waals surface area contributed by atoms with Crippen molar-refractivity contribution in [2.24, 2.45) is 0 Å². The zero-order chi connectivity index (χ0) is 11.8. The van der Waals surface area contributed by atoms with Crippen LogP contribution in [-0.4, -0.2) is 22.8 Å². The summed E-state index contributed by atoms with van der Waals surface area (Å²) in [6, 6.07) is 5.96. The van der Waals surface area contributed by atoms with Crippen molar-refractivity contribution >= 4 is 28.6 Å². The van der Waals surface area contributed by atoms with Crippen LogP contribution in [0.25, 0.3) is 11.0 Å². The standard InChI is InChI=1S/C12H14ClN3O/c13-8-3-4-11-10(6-8)15-12(14)16(11)9-2-1-5-17-7-9/h3-4,6,9H,1-2,5,7H2,(H2,14,15). The average Bonchev–Trinajstić information content (AvgIpc) is 2.65. The Morgan fingerprint density at radius 3 is 3.12 bits per heavy atom. The van der Waals surface area contributed by atoms with E-state index in [1.807, 2.05) is 18.2 Å². The Morgan fingerprint density at radius 1 is 1.47 bits per heavy atom. The number of nitrogen functional groups attached to an aromatic ring is 1. The lowest BCUT2D eigenvalue weighted by Gasteiger charge is -2.24. The molecule has 2 aromatic rings. The van der Waals surface area contributed by atoms with Crippen LogP contribution in [0.2, 0.25) is 5.02 Å². The van der Waals surface area contributed by atoms with Gasteiger partial charge in [-0.15, -0.1) is 0 Å². The molecular formula is C12H14ClN3O. The summed E-state index contributed by atoms with van der Waals surface area (Å²) in [6.07, 6.45) is 2.15. The first-order valence-corrected chi connectivity index (χ1v) is 6.14. The first kappa shape index (κ1) is 10.9. The highest BCUT2D eigenvalue weighted by Gasteiger charge is 2.20. The van der Waals surface area contributed by atoms with Gasteiger partial charge in [0.15, 0.2) is 0 Å². The van der Waals surface area contributed by atoms with Crippen molar-refractivity contribution in [2.45, 2.75) is 18.9 Å². The van der Waals surface area contributed by atoms with Gasteiger partial charge in [-0.2, -0.15) is 0 Å². The minimum absolute atomic E-state index is 0.287. The van der Waals surface area contributed by atoms with Gasteiger partial charge < -0.3 is 15.0 Å². The molecule has 1 saturated heterocycles. The molecule has 1 atom stereocenters. The van der Waals surface area contributed by atoms with E-state index in [0.29, 0.717) is 17.6 Å². The fourth-order valence-corrected chi connectivity index (χ4v) is 2.57. The Labute approximate surface area is 104 Å². The molecule has 4 nitrogen and oxygen atoms in total. The van der Waals surface area contributed by atoms with Gasteiger partial charge in [-0.3, -0.25) is 0 Å². The third-order valence-corrected chi connectivity index (χ3v) is 3.42. The molecule has 1 aromatic carbocycles. The number of hydrogen-bond donors (Lipinski definition) is 1. The van der Waals surface area contributed by atoms with Crippen LogP contribution in [-0.2, 0) is 4.74 Å². The zero-order valence-corrected chi connectivity index (χ0v) is 10.2. The molecule has 0 saturated carbocycles. The molecule has 0 amide bonds. The van der Waals surface area contributed by atoms with Crippen molar-refractivity contribution in [3.8, 4) is 0 Å². The van der Waals surface area contributed by atoms with Crippen LogP contribution in [0.3, 0.4) is 0 Å². The fourth-order valence-electron chi connectivity index (χ4n) is 2.40. The van der Waals surface area contributed by atoms with E-state index >= 15 is 0 Å². The summed E-state index contributed by atoms with van der Waals surface area (Å²) in [5.41, 5.74) is 7.87. The normalized spacial score (nSPS) is 20.9. The van der Waals surface area contributed by atoms with E-state index in [4.69, 9.17) is 22.1 Å². The number of imidazole rings is 1. The molecule has 2 heterocycles. The highest BCUT2D eigenvalue weighted by molar-refractivity contribution is 6.31. The summed E-state index contributed by atoms with van der Waals surface area (Å²) in [5.74, 6) is 0.540. The predicted molar refractivity (Wildman–Crippen MR) is 68.2 cm³/mol. The van der Waals surface area contributed by atoms with Gasteiger partial charge in [-0.25, -0.2) is 4.98 Å². The van der Waals surface area contributed by atoms with Gasteiger partial charge in [0.05, 0.1) is 23.7 Å². The molecular weight excluding hydrogens is 238 g/mol. The predicted octanol–water partition coefficient (Wildman–Crippen LogP) is 2.62. The second-order valence-corrected chi connectivity index (χ2v) is 4.78. The first-order valence-electron chi connectivity index (χ1n) is 5.76. The van der Waals surface area contributed by atoms with E-state index < -0.39 is 0 Å². The molecule has 0 spiro atoms. The smallest absolute Gasteiger partial charge is 0.201 e. The lowest BCUT2D eigenvalue weighted by atomic mass is 10.1. The second-order valence-electron chi connectivity index (χ2n) is 4.34. The number of rotatable bonds is 1. The van der Waals surface area contributed by atoms with Crippen molar-refractivity contribution in [2.75, 3.05) is 18.9 Å². The van der Waals surface area contributed by atoms with Crippen molar-refractivity contribution in [3.05, 3.63) is 23.2 Å². The Balaban J connectivity index is 2.11. The number of aromatic nitrogens is 2. The summed E-state index contributed by atoms with van der Waals surface area (Å²) < 4.78 is 7.56. The second kappa shape index (κ2) is 4.20. The molecule has 0 bridgehead atoms. The van der Waals surface area contributed by atoms with E-state index in [1.165, 1.54) is 0 Å². The fraction of sp³-hybridized carbons (Fsp3) is 0.417. The Morgan fingerprint density at radius 2 is 2.35 bits per heavy atom. The topological polar surface area (TPSA) is 53.1 Å².